The highest BCUT2D eigenvalue weighted by atomic mass is 16.4. The van der Waals surface area contributed by atoms with E-state index >= 15 is 0 Å². The van der Waals surface area contributed by atoms with Crippen LogP contribution < -0.4 is 11.2 Å². The van der Waals surface area contributed by atoms with Crippen molar-refractivity contribution in [1.82, 2.24) is 9.13 Å². The molecule has 0 radical (unpaired) electrons. The monoisotopic (exact) mass is 274 g/mol. The third-order valence-electron chi connectivity index (χ3n) is 3.16. The highest BCUT2D eigenvalue weighted by molar-refractivity contribution is 6.02. The molecule has 2 heterocycles. The summed E-state index contributed by atoms with van der Waals surface area (Å²) in [5.41, 5.74) is -0.590. The molecule has 2 aromatic heterocycles. The molecule has 3 aromatic rings. The lowest BCUT2D eigenvalue weighted by Crippen LogP contribution is -2.40. The number of hydrogen-bond donors (Lipinski definition) is 1. The second kappa shape index (κ2) is 4.09. The zero-order valence-electron chi connectivity index (χ0n) is 10.5. The van der Waals surface area contributed by atoms with Crippen LogP contribution in [0.1, 0.15) is 0 Å². The van der Waals surface area contributed by atoms with E-state index in [1.807, 2.05) is 0 Å². The van der Waals surface area contributed by atoms with E-state index < -0.39 is 23.8 Å². The van der Waals surface area contributed by atoms with Crippen LogP contribution in [0.3, 0.4) is 0 Å². The molecule has 0 saturated heterocycles. The van der Waals surface area contributed by atoms with Crippen molar-refractivity contribution < 1.29 is 14.3 Å². The number of aromatic nitrogens is 2. The van der Waals surface area contributed by atoms with Gasteiger partial charge < -0.3 is 9.52 Å². The summed E-state index contributed by atoms with van der Waals surface area (Å²) >= 11 is 0. The first-order chi connectivity index (χ1) is 9.50. The number of para-hydroxylation sites is 1. The molecule has 0 spiro atoms. The van der Waals surface area contributed by atoms with Gasteiger partial charge in [-0.25, -0.2) is 9.36 Å². The van der Waals surface area contributed by atoms with Crippen LogP contribution in [0.15, 0.2) is 38.3 Å². The summed E-state index contributed by atoms with van der Waals surface area (Å²) < 4.78 is 7.33. The highest BCUT2D eigenvalue weighted by Gasteiger charge is 2.18. The summed E-state index contributed by atoms with van der Waals surface area (Å²) in [6.45, 7) is -0.696. The van der Waals surface area contributed by atoms with Crippen LogP contribution in [0.2, 0.25) is 0 Å². The molecule has 0 amide bonds. The van der Waals surface area contributed by atoms with Gasteiger partial charge in [0, 0.05) is 12.4 Å². The lowest BCUT2D eigenvalue weighted by molar-refractivity contribution is -0.137. The molecule has 0 atom stereocenters. The van der Waals surface area contributed by atoms with Crippen molar-refractivity contribution in [2.24, 2.45) is 7.05 Å². The zero-order chi connectivity index (χ0) is 14.4. The van der Waals surface area contributed by atoms with Gasteiger partial charge in [-0.15, -0.1) is 0 Å². The van der Waals surface area contributed by atoms with Gasteiger partial charge in [0.2, 0.25) is 5.58 Å². The lowest BCUT2D eigenvalue weighted by Gasteiger charge is -2.05. The number of rotatable bonds is 2. The predicted molar refractivity (Wildman–Crippen MR) is 70.9 cm³/mol. The molecule has 0 aliphatic heterocycles. The molecule has 0 aliphatic rings. The minimum atomic E-state index is -1.26. The molecule has 0 fully saturated rings. The zero-order valence-corrected chi connectivity index (χ0v) is 10.5. The van der Waals surface area contributed by atoms with Gasteiger partial charge in [-0.3, -0.25) is 14.2 Å². The van der Waals surface area contributed by atoms with Crippen molar-refractivity contribution in [2.75, 3.05) is 0 Å². The number of aryl methyl sites for hydroxylation is 1. The van der Waals surface area contributed by atoms with E-state index in [0.29, 0.717) is 21.1 Å². The molecule has 0 saturated carbocycles. The molecule has 20 heavy (non-hydrogen) atoms. The van der Waals surface area contributed by atoms with Crippen molar-refractivity contribution in [3.8, 4) is 0 Å². The fourth-order valence-corrected chi connectivity index (χ4v) is 2.27. The summed E-state index contributed by atoms with van der Waals surface area (Å²) in [6.07, 6.45) is 0. The summed E-state index contributed by atoms with van der Waals surface area (Å²) in [5, 5.41) is 9.42. The highest BCUT2D eigenvalue weighted by Crippen LogP contribution is 2.24. The van der Waals surface area contributed by atoms with Crippen LogP contribution in [0.25, 0.3) is 22.1 Å². The van der Waals surface area contributed by atoms with E-state index in [4.69, 9.17) is 9.52 Å². The SMILES string of the molecule is Cn1c(=O)n(CC(=O)O)c(=O)c2oc3ccccc3c21. The number of carboxylic acids is 1. The number of furan rings is 1. The van der Waals surface area contributed by atoms with Crippen molar-refractivity contribution in [1.29, 1.82) is 0 Å². The summed E-state index contributed by atoms with van der Waals surface area (Å²) in [6, 6.07) is 6.94. The quantitative estimate of drug-likeness (QED) is 0.735. The Labute approximate surface area is 111 Å². The second-order valence-corrected chi connectivity index (χ2v) is 4.40. The Morgan fingerprint density at radius 3 is 2.70 bits per heavy atom. The summed E-state index contributed by atoms with van der Waals surface area (Å²) in [7, 11) is 1.48. The van der Waals surface area contributed by atoms with Gasteiger partial charge in [-0.05, 0) is 12.1 Å². The largest absolute Gasteiger partial charge is 0.480 e. The molecule has 3 rings (SSSR count). The number of benzene rings is 1. The maximum atomic E-state index is 12.2. The number of nitrogens with zero attached hydrogens (tertiary/aromatic N) is 2. The third-order valence-corrected chi connectivity index (χ3v) is 3.16. The number of carbonyl (C=O) groups is 1. The first kappa shape index (κ1) is 12.2. The Balaban J connectivity index is 2.54. The van der Waals surface area contributed by atoms with Gasteiger partial charge in [0.25, 0.3) is 5.56 Å². The van der Waals surface area contributed by atoms with E-state index in [0.717, 1.165) is 0 Å². The molecule has 7 nitrogen and oxygen atoms in total. The Kier molecular flexibility index (Phi) is 2.50. The second-order valence-electron chi connectivity index (χ2n) is 4.40. The normalized spacial score (nSPS) is 11.2. The number of fused-ring (bicyclic) bond motifs is 3. The smallest absolute Gasteiger partial charge is 0.331 e. The van der Waals surface area contributed by atoms with Crippen molar-refractivity contribution in [3.05, 3.63) is 45.1 Å². The maximum absolute atomic E-state index is 12.2. The van der Waals surface area contributed by atoms with Gasteiger partial charge in [0.1, 0.15) is 17.6 Å². The molecular weight excluding hydrogens is 264 g/mol. The Bertz CT molecular complexity index is 960. The lowest BCUT2D eigenvalue weighted by atomic mass is 10.2. The third kappa shape index (κ3) is 1.56. The van der Waals surface area contributed by atoms with E-state index in [-0.39, 0.29) is 5.58 Å². The fourth-order valence-electron chi connectivity index (χ4n) is 2.27. The van der Waals surface area contributed by atoms with Gasteiger partial charge in [-0.2, -0.15) is 0 Å². The predicted octanol–water partition coefficient (Wildman–Crippen LogP) is 0.531. The fraction of sp³-hybridized carbons (Fsp3) is 0.154. The Hall–Kier alpha value is -2.83. The van der Waals surface area contributed by atoms with Crippen LogP contribution in [0.5, 0.6) is 0 Å². The van der Waals surface area contributed by atoms with Crippen LogP contribution in [0.4, 0.5) is 0 Å². The van der Waals surface area contributed by atoms with E-state index in [1.54, 1.807) is 24.3 Å². The van der Waals surface area contributed by atoms with Crippen molar-refractivity contribution in [3.63, 3.8) is 0 Å². The molecule has 7 heteroatoms. The molecule has 0 unspecified atom stereocenters. The minimum absolute atomic E-state index is 0.0189. The average Bonchev–Trinajstić information content (AvgIpc) is 2.80. The minimum Gasteiger partial charge on any atom is -0.480 e. The van der Waals surface area contributed by atoms with Crippen LogP contribution >= 0.6 is 0 Å². The summed E-state index contributed by atoms with van der Waals surface area (Å²) in [4.78, 5) is 35.1. The van der Waals surface area contributed by atoms with E-state index in [1.165, 1.54) is 11.6 Å². The van der Waals surface area contributed by atoms with Crippen LogP contribution in [0, 0.1) is 0 Å². The number of carboxylic acid groups (broad SMARTS) is 1. The van der Waals surface area contributed by atoms with E-state index in [9.17, 15) is 14.4 Å². The van der Waals surface area contributed by atoms with Gasteiger partial charge in [0.05, 0.1) is 0 Å². The van der Waals surface area contributed by atoms with Crippen molar-refractivity contribution >= 4 is 28.0 Å². The molecule has 1 N–H and O–H groups in total. The number of hydrogen-bond acceptors (Lipinski definition) is 4. The molecule has 1 aromatic carbocycles. The first-order valence-corrected chi connectivity index (χ1v) is 5.83. The van der Waals surface area contributed by atoms with Crippen LogP contribution in [-0.4, -0.2) is 20.2 Å². The van der Waals surface area contributed by atoms with Gasteiger partial charge >= 0.3 is 11.7 Å². The van der Waals surface area contributed by atoms with E-state index in [2.05, 4.69) is 0 Å². The molecular formula is C13H10N2O5. The van der Waals surface area contributed by atoms with Crippen LogP contribution in [-0.2, 0) is 18.4 Å². The summed E-state index contributed by atoms with van der Waals surface area (Å²) in [5.74, 6) is -1.26. The first-order valence-electron chi connectivity index (χ1n) is 5.83. The standard InChI is InChI=1S/C13H10N2O5/c1-14-10-7-4-2-3-5-8(7)20-11(10)12(18)15(13(14)19)6-9(16)17/h2-5H,6H2,1H3,(H,16,17). The molecule has 102 valence electrons. The van der Waals surface area contributed by atoms with Gasteiger partial charge in [-0.1, -0.05) is 12.1 Å². The maximum Gasteiger partial charge on any atom is 0.331 e. The average molecular weight is 274 g/mol. The van der Waals surface area contributed by atoms with Crippen molar-refractivity contribution in [2.45, 2.75) is 6.54 Å². The Morgan fingerprint density at radius 1 is 1.30 bits per heavy atom. The Morgan fingerprint density at radius 2 is 2.00 bits per heavy atom. The topological polar surface area (TPSA) is 94.4 Å². The molecule has 0 aliphatic carbocycles. The molecule has 0 bridgehead atoms. The van der Waals surface area contributed by atoms with Gasteiger partial charge in [0.15, 0.2) is 0 Å². The number of aliphatic carboxylic acids is 1.